The van der Waals surface area contributed by atoms with Crippen molar-refractivity contribution in [3.05, 3.63) is 35.5 Å². The van der Waals surface area contributed by atoms with E-state index in [2.05, 4.69) is 43.1 Å². The molecule has 1 heterocycles. The second kappa shape index (κ2) is 2.67. The Morgan fingerprint density at radius 3 is 2.83 bits per heavy atom. The third-order valence-corrected chi connectivity index (χ3v) is 2.21. The molecule has 0 bridgehead atoms. The highest BCUT2D eigenvalue weighted by Gasteiger charge is 1.97. The molecule has 62 valence electrons. The first-order chi connectivity index (χ1) is 5.79. The highest BCUT2D eigenvalue weighted by Crippen LogP contribution is 2.16. The lowest BCUT2D eigenvalue weighted by molar-refractivity contribution is 1.07. The number of rotatable bonds is 1. The van der Waals surface area contributed by atoms with E-state index in [0.717, 1.165) is 6.42 Å². The highest BCUT2D eigenvalue weighted by molar-refractivity contribution is 5.80. The molecule has 12 heavy (non-hydrogen) atoms. The Bertz CT molecular complexity index is 398. The quantitative estimate of drug-likeness (QED) is 0.658. The highest BCUT2D eigenvalue weighted by atomic mass is 14.7. The summed E-state index contributed by atoms with van der Waals surface area (Å²) in [7, 11) is 0. The molecule has 0 amide bonds. The number of aryl methyl sites for hydroxylation is 2. The Morgan fingerprint density at radius 2 is 2.08 bits per heavy atom. The van der Waals surface area contributed by atoms with Gasteiger partial charge in [0.15, 0.2) is 0 Å². The normalized spacial score (nSPS) is 10.8. The van der Waals surface area contributed by atoms with E-state index in [9.17, 15) is 0 Å². The summed E-state index contributed by atoms with van der Waals surface area (Å²) < 4.78 is 0. The molecule has 1 N–H and O–H groups in total. The Morgan fingerprint density at radius 1 is 1.25 bits per heavy atom. The predicted molar refractivity (Wildman–Crippen MR) is 52.4 cm³/mol. The Labute approximate surface area is 72.4 Å². The fourth-order valence-corrected chi connectivity index (χ4v) is 1.49. The van der Waals surface area contributed by atoms with Gasteiger partial charge in [-0.1, -0.05) is 19.1 Å². The largest absolute Gasteiger partial charge is 0.358 e. The van der Waals surface area contributed by atoms with Crippen molar-refractivity contribution < 1.29 is 0 Å². The molecule has 0 atom stereocenters. The lowest BCUT2D eigenvalue weighted by atomic mass is 10.2. The summed E-state index contributed by atoms with van der Waals surface area (Å²) in [6, 6.07) is 8.72. The van der Waals surface area contributed by atoms with Crippen molar-refractivity contribution in [1.82, 2.24) is 4.98 Å². The Kier molecular flexibility index (Phi) is 1.65. The second-order valence-electron chi connectivity index (χ2n) is 3.24. The van der Waals surface area contributed by atoms with Crippen LogP contribution in [0, 0.1) is 6.92 Å². The minimum Gasteiger partial charge on any atom is -0.358 e. The maximum Gasteiger partial charge on any atom is 0.0458 e. The van der Waals surface area contributed by atoms with E-state index in [-0.39, 0.29) is 0 Å². The van der Waals surface area contributed by atoms with E-state index in [4.69, 9.17) is 0 Å². The van der Waals surface area contributed by atoms with Gasteiger partial charge in [-0.25, -0.2) is 0 Å². The van der Waals surface area contributed by atoms with Crippen LogP contribution >= 0.6 is 0 Å². The first-order valence-electron chi connectivity index (χ1n) is 4.38. The van der Waals surface area contributed by atoms with E-state index in [1.807, 2.05) is 0 Å². The SMILES string of the molecule is CCc1cc2ccc(C)cc2[nH]1. The molecule has 2 rings (SSSR count). The Balaban J connectivity index is 2.67. The van der Waals surface area contributed by atoms with Crippen molar-refractivity contribution in [1.29, 1.82) is 0 Å². The van der Waals surface area contributed by atoms with Crippen molar-refractivity contribution in [3.63, 3.8) is 0 Å². The number of benzene rings is 1. The summed E-state index contributed by atoms with van der Waals surface area (Å²) >= 11 is 0. The van der Waals surface area contributed by atoms with E-state index in [1.54, 1.807) is 0 Å². The van der Waals surface area contributed by atoms with Gasteiger partial charge >= 0.3 is 0 Å². The number of H-pyrrole nitrogens is 1. The van der Waals surface area contributed by atoms with Crippen molar-refractivity contribution in [2.75, 3.05) is 0 Å². The first kappa shape index (κ1) is 7.41. The fourth-order valence-electron chi connectivity index (χ4n) is 1.49. The van der Waals surface area contributed by atoms with Crippen LogP contribution in [-0.2, 0) is 6.42 Å². The van der Waals surface area contributed by atoms with Gasteiger partial charge in [0.2, 0.25) is 0 Å². The lowest BCUT2D eigenvalue weighted by Crippen LogP contribution is -1.75. The minimum atomic E-state index is 1.08. The summed E-state index contributed by atoms with van der Waals surface area (Å²) in [4.78, 5) is 3.39. The standard InChI is InChI=1S/C11H13N/c1-3-10-7-9-5-4-8(2)6-11(9)12-10/h4-7,12H,3H2,1-2H3. The average Bonchev–Trinajstić information content (AvgIpc) is 2.46. The summed E-state index contributed by atoms with van der Waals surface area (Å²) in [6.45, 7) is 4.28. The maximum absolute atomic E-state index is 3.39. The molecule has 1 heteroatoms. The molecule has 0 saturated carbocycles. The molecule has 0 unspecified atom stereocenters. The van der Waals surface area contributed by atoms with Gasteiger partial charge < -0.3 is 4.98 Å². The van der Waals surface area contributed by atoms with Crippen LogP contribution in [0.4, 0.5) is 0 Å². The van der Waals surface area contributed by atoms with Crippen LogP contribution in [-0.4, -0.2) is 4.98 Å². The van der Waals surface area contributed by atoms with Crippen LogP contribution in [0.5, 0.6) is 0 Å². The molecule has 1 nitrogen and oxygen atoms in total. The zero-order valence-electron chi connectivity index (χ0n) is 7.52. The van der Waals surface area contributed by atoms with Crippen LogP contribution in [0.15, 0.2) is 24.3 Å². The molecule has 1 aromatic heterocycles. The molecule has 0 spiro atoms. The van der Waals surface area contributed by atoms with Gasteiger partial charge in [0.05, 0.1) is 0 Å². The second-order valence-corrected chi connectivity index (χ2v) is 3.24. The number of hydrogen-bond acceptors (Lipinski definition) is 0. The van der Waals surface area contributed by atoms with Crippen molar-refractivity contribution in [2.24, 2.45) is 0 Å². The zero-order valence-corrected chi connectivity index (χ0v) is 7.52. The number of aromatic nitrogens is 1. The van der Waals surface area contributed by atoms with Gasteiger partial charge in [0.1, 0.15) is 0 Å². The smallest absolute Gasteiger partial charge is 0.0458 e. The summed E-state index contributed by atoms with van der Waals surface area (Å²) in [5.74, 6) is 0. The van der Waals surface area contributed by atoms with Gasteiger partial charge in [-0.05, 0) is 36.4 Å². The van der Waals surface area contributed by atoms with E-state index in [0.29, 0.717) is 0 Å². The number of hydrogen-bond donors (Lipinski definition) is 1. The third kappa shape index (κ3) is 1.11. The molecule has 0 saturated heterocycles. The van der Waals surface area contributed by atoms with E-state index < -0.39 is 0 Å². The van der Waals surface area contributed by atoms with Crippen molar-refractivity contribution >= 4 is 10.9 Å². The van der Waals surface area contributed by atoms with Gasteiger partial charge in [0.25, 0.3) is 0 Å². The third-order valence-electron chi connectivity index (χ3n) is 2.21. The molecule has 0 aliphatic rings. The molecular weight excluding hydrogens is 146 g/mol. The van der Waals surface area contributed by atoms with E-state index in [1.165, 1.54) is 22.2 Å². The van der Waals surface area contributed by atoms with Crippen LogP contribution in [0.2, 0.25) is 0 Å². The molecule has 1 aromatic carbocycles. The molecule has 0 radical (unpaired) electrons. The van der Waals surface area contributed by atoms with Crippen LogP contribution in [0.3, 0.4) is 0 Å². The monoisotopic (exact) mass is 159 g/mol. The lowest BCUT2D eigenvalue weighted by Gasteiger charge is -1.91. The predicted octanol–water partition coefficient (Wildman–Crippen LogP) is 3.04. The number of nitrogens with one attached hydrogen (secondary N) is 1. The molecule has 2 aromatic rings. The topological polar surface area (TPSA) is 15.8 Å². The molecule has 0 fully saturated rings. The average molecular weight is 159 g/mol. The molecule has 0 aliphatic heterocycles. The van der Waals surface area contributed by atoms with Crippen molar-refractivity contribution in [2.45, 2.75) is 20.3 Å². The molecule has 0 aliphatic carbocycles. The summed E-state index contributed by atoms with van der Waals surface area (Å²) in [6.07, 6.45) is 1.08. The number of aromatic amines is 1. The van der Waals surface area contributed by atoms with Crippen LogP contribution in [0.25, 0.3) is 10.9 Å². The Hall–Kier alpha value is -1.24. The number of fused-ring (bicyclic) bond motifs is 1. The van der Waals surface area contributed by atoms with Crippen LogP contribution < -0.4 is 0 Å². The van der Waals surface area contributed by atoms with Gasteiger partial charge in [-0.15, -0.1) is 0 Å². The first-order valence-corrected chi connectivity index (χ1v) is 4.38. The van der Waals surface area contributed by atoms with Gasteiger partial charge in [-0.2, -0.15) is 0 Å². The summed E-state index contributed by atoms with van der Waals surface area (Å²) in [5, 5.41) is 1.32. The minimum absolute atomic E-state index is 1.08. The molecular formula is C11H13N. The maximum atomic E-state index is 3.39. The van der Waals surface area contributed by atoms with Gasteiger partial charge in [0, 0.05) is 11.2 Å². The zero-order chi connectivity index (χ0) is 8.55. The van der Waals surface area contributed by atoms with Gasteiger partial charge in [-0.3, -0.25) is 0 Å². The summed E-state index contributed by atoms with van der Waals surface area (Å²) in [5.41, 5.74) is 3.88. The van der Waals surface area contributed by atoms with Crippen LogP contribution in [0.1, 0.15) is 18.2 Å². The van der Waals surface area contributed by atoms with Crippen molar-refractivity contribution in [3.8, 4) is 0 Å². The van der Waals surface area contributed by atoms with E-state index >= 15 is 0 Å². The fraction of sp³-hybridized carbons (Fsp3) is 0.273.